The highest BCUT2D eigenvalue weighted by Crippen LogP contribution is 2.37. The van der Waals surface area contributed by atoms with Gasteiger partial charge in [-0.05, 0) is 36.6 Å². The smallest absolute Gasteiger partial charge is 0.161 e. The lowest BCUT2D eigenvalue weighted by Gasteiger charge is -2.35. The number of ether oxygens (including phenoxy) is 2. The van der Waals surface area contributed by atoms with E-state index in [1.165, 1.54) is 11.1 Å². The Morgan fingerprint density at radius 3 is 2.63 bits per heavy atom. The number of nitriles is 1. The standard InChI is InChI=1S/C15H20N2O2/c1-11-13-10-15(19-3)14(18-2)9-12(13)5-8-17(11)7-4-6-16/h9-11H,4-5,7-8H2,1-3H3/t11-/m0/s1. The van der Waals surface area contributed by atoms with Gasteiger partial charge >= 0.3 is 0 Å². The third-order valence-electron chi connectivity index (χ3n) is 3.82. The zero-order valence-corrected chi connectivity index (χ0v) is 11.8. The molecule has 0 fully saturated rings. The van der Waals surface area contributed by atoms with Gasteiger partial charge in [0.15, 0.2) is 11.5 Å². The number of hydrogen-bond donors (Lipinski definition) is 0. The Balaban J connectivity index is 2.30. The molecule has 4 nitrogen and oxygen atoms in total. The molecule has 0 radical (unpaired) electrons. The van der Waals surface area contributed by atoms with Gasteiger partial charge in [-0.15, -0.1) is 0 Å². The summed E-state index contributed by atoms with van der Waals surface area (Å²) in [5.74, 6) is 1.56. The van der Waals surface area contributed by atoms with Crippen molar-refractivity contribution >= 4 is 0 Å². The van der Waals surface area contributed by atoms with E-state index in [4.69, 9.17) is 14.7 Å². The van der Waals surface area contributed by atoms with E-state index in [1.807, 2.05) is 0 Å². The summed E-state index contributed by atoms with van der Waals surface area (Å²) in [5.41, 5.74) is 2.60. The highest BCUT2D eigenvalue weighted by molar-refractivity contribution is 5.49. The van der Waals surface area contributed by atoms with Crippen molar-refractivity contribution in [3.8, 4) is 17.6 Å². The molecule has 1 aromatic rings. The van der Waals surface area contributed by atoms with Gasteiger partial charge in [-0.1, -0.05) is 0 Å². The molecule has 1 aliphatic rings. The second-order valence-electron chi connectivity index (χ2n) is 4.78. The summed E-state index contributed by atoms with van der Waals surface area (Å²) < 4.78 is 10.7. The molecule has 0 saturated carbocycles. The van der Waals surface area contributed by atoms with Crippen molar-refractivity contribution < 1.29 is 9.47 Å². The van der Waals surface area contributed by atoms with Crippen molar-refractivity contribution in [1.82, 2.24) is 4.90 Å². The minimum atomic E-state index is 0.317. The molecule has 102 valence electrons. The minimum Gasteiger partial charge on any atom is -0.493 e. The van der Waals surface area contributed by atoms with E-state index in [-0.39, 0.29) is 0 Å². The molecule has 0 aromatic heterocycles. The van der Waals surface area contributed by atoms with Crippen molar-refractivity contribution in [2.24, 2.45) is 0 Å². The molecular formula is C15H20N2O2. The van der Waals surface area contributed by atoms with E-state index < -0.39 is 0 Å². The lowest BCUT2D eigenvalue weighted by molar-refractivity contribution is 0.202. The summed E-state index contributed by atoms with van der Waals surface area (Å²) in [7, 11) is 3.32. The van der Waals surface area contributed by atoms with Gasteiger partial charge in [-0.25, -0.2) is 0 Å². The van der Waals surface area contributed by atoms with Crippen LogP contribution in [-0.4, -0.2) is 32.2 Å². The highest BCUT2D eigenvalue weighted by Gasteiger charge is 2.25. The summed E-state index contributed by atoms with van der Waals surface area (Å²) in [4.78, 5) is 2.34. The van der Waals surface area contributed by atoms with Crippen LogP contribution in [0.15, 0.2) is 12.1 Å². The Kier molecular flexibility index (Phi) is 4.28. The Hall–Kier alpha value is -1.73. The predicted molar refractivity (Wildman–Crippen MR) is 73.5 cm³/mol. The maximum Gasteiger partial charge on any atom is 0.161 e. The molecule has 1 atom stereocenters. The number of hydrogen-bond acceptors (Lipinski definition) is 4. The number of benzene rings is 1. The predicted octanol–water partition coefficient (Wildman–Crippen LogP) is 2.54. The van der Waals surface area contributed by atoms with Crippen LogP contribution in [0.2, 0.25) is 0 Å². The largest absolute Gasteiger partial charge is 0.493 e. The van der Waals surface area contributed by atoms with Crippen molar-refractivity contribution in [2.45, 2.75) is 25.8 Å². The van der Waals surface area contributed by atoms with Crippen LogP contribution in [0.25, 0.3) is 0 Å². The maximum absolute atomic E-state index is 8.72. The topological polar surface area (TPSA) is 45.5 Å². The molecule has 1 aliphatic heterocycles. The van der Waals surface area contributed by atoms with Gasteiger partial charge < -0.3 is 9.47 Å². The fraction of sp³-hybridized carbons (Fsp3) is 0.533. The third-order valence-corrected chi connectivity index (χ3v) is 3.82. The van der Waals surface area contributed by atoms with E-state index in [0.29, 0.717) is 12.5 Å². The van der Waals surface area contributed by atoms with E-state index in [0.717, 1.165) is 31.0 Å². The van der Waals surface area contributed by atoms with Gasteiger partial charge in [-0.3, -0.25) is 4.90 Å². The monoisotopic (exact) mass is 260 g/mol. The summed E-state index contributed by atoms with van der Waals surface area (Å²) in [6.07, 6.45) is 1.57. The number of methoxy groups -OCH3 is 2. The van der Waals surface area contributed by atoms with Crippen molar-refractivity contribution in [1.29, 1.82) is 5.26 Å². The number of rotatable bonds is 4. The first-order valence-electron chi connectivity index (χ1n) is 6.57. The van der Waals surface area contributed by atoms with Crippen LogP contribution in [0.1, 0.15) is 30.5 Å². The van der Waals surface area contributed by atoms with Crippen molar-refractivity contribution in [2.75, 3.05) is 27.3 Å². The molecule has 0 unspecified atom stereocenters. The van der Waals surface area contributed by atoms with Gasteiger partial charge in [0.1, 0.15) is 0 Å². The molecule has 0 aliphatic carbocycles. The summed E-state index contributed by atoms with van der Waals surface area (Å²) in [5, 5.41) is 8.72. The Labute approximate surface area is 114 Å². The molecular weight excluding hydrogens is 240 g/mol. The van der Waals surface area contributed by atoms with Crippen LogP contribution in [-0.2, 0) is 6.42 Å². The zero-order valence-electron chi connectivity index (χ0n) is 11.8. The molecule has 4 heteroatoms. The van der Waals surface area contributed by atoms with Gasteiger partial charge in [0.2, 0.25) is 0 Å². The van der Waals surface area contributed by atoms with Crippen LogP contribution in [0.3, 0.4) is 0 Å². The number of nitrogens with zero attached hydrogens (tertiary/aromatic N) is 2. The summed E-state index contributed by atoms with van der Waals surface area (Å²) >= 11 is 0. The SMILES string of the molecule is COc1cc2c(cc1OC)[C@H](C)N(CCC#N)CC2. The van der Waals surface area contributed by atoms with Gasteiger partial charge in [-0.2, -0.15) is 5.26 Å². The minimum absolute atomic E-state index is 0.317. The summed E-state index contributed by atoms with van der Waals surface area (Å²) in [6, 6.07) is 6.67. The fourth-order valence-electron chi connectivity index (χ4n) is 2.70. The molecule has 0 spiro atoms. The van der Waals surface area contributed by atoms with E-state index >= 15 is 0 Å². The average molecular weight is 260 g/mol. The maximum atomic E-state index is 8.72. The van der Waals surface area contributed by atoms with Crippen LogP contribution in [0.5, 0.6) is 11.5 Å². The highest BCUT2D eigenvalue weighted by atomic mass is 16.5. The van der Waals surface area contributed by atoms with E-state index in [1.54, 1.807) is 14.2 Å². The Morgan fingerprint density at radius 2 is 2.00 bits per heavy atom. The average Bonchev–Trinajstić information content (AvgIpc) is 2.45. The molecule has 19 heavy (non-hydrogen) atoms. The molecule has 0 bridgehead atoms. The van der Waals surface area contributed by atoms with Crippen LogP contribution >= 0.6 is 0 Å². The fourth-order valence-corrected chi connectivity index (χ4v) is 2.70. The summed E-state index contributed by atoms with van der Waals surface area (Å²) in [6.45, 7) is 4.00. The van der Waals surface area contributed by atoms with Gasteiger partial charge in [0, 0.05) is 25.6 Å². The van der Waals surface area contributed by atoms with Crippen LogP contribution in [0, 0.1) is 11.3 Å². The second-order valence-corrected chi connectivity index (χ2v) is 4.78. The first kappa shape index (κ1) is 13.7. The van der Waals surface area contributed by atoms with Gasteiger partial charge in [0.05, 0.1) is 20.3 Å². The van der Waals surface area contributed by atoms with E-state index in [2.05, 4.69) is 30.0 Å². The molecule has 1 aromatic carbocycles. The normalized spacial score (nSPS) is 18.5. The second kappa shape index (κ2) is 5.94. The van der Waals surface area contributed by atoms with E-state index in [9.17, 15) is 0 Å². The number of fused-ring (bicyclic) bond motifs is 1. The molecule has 0 N–H and O–H groups in total. The van der Waals surface area contributed by atoms with Crippen molar-refractivity contribution in [3.05, 3.63) is 23.3 Å². The lowest BCUT2D eigenvalue weighted by atomic mass is 9.92. The molecule has 0 saturated heterocycles. The zero-order chi connectivity index (χ0) is 13.8. The first-order chi connectivity index (χ1) is 9.21. The lowest BCUT2D eigenvalue weighted by Crippen LogP contribution is -2.34. The Morgan fingerprint density at radius 1 is 1.32 bits per heavy atom. The molecule has 0 amide bonds. The van der Waals surface area contributed by atoms with Crippen LogP contribution in [0.4, 0.5) is 0 Å². The van der Waals surface area contributed by atoms with Crippen LogP contribution < -0.4 is 9.47 Å². The quantitative estimate of drug-likeness (QED) is 0.834. The Bertz CT molecular complexity index is 494. The van der Waals surface area contributed by atoms with Gasteiger partial charge in [0.25, 0.3) is 0 Å². The first-order valence-corrected chi connectivity index (χ1v) is 6.57. The molecule has 2 rings (SSSR count). The molecule has 1 heterocycles. The third kappa shape index (κ3) is 2.66. The van der Waals surface area contributed by atoms with Crippen molar-refractivity contribution in [3.63, 3.8) is 0 Å².